The van der Waals surface area contributed by atoms with E-state index in [2.05, 4.69) is 10.2 Å². The Morgan fingerprint density at radius 1 is 1.25 bits per heavy atom. The molecule has 0 bridgehead atoms. The molecule has 16 heavy (non-hydrogen) atoms. The quantitative estimate of drug-likeness (QED) is 0.218. The molecule has 9 nitrogen and oxygen atoms in total. The van der Waals surface area contributed by atoms with E-state index < -0.39 is 17.1 Å². The second-order valence-corrected chi connectivity index (χ2v) is 2.84. The minimum absolute atomic E-state index is 0.0587. The molecule has 0 radical (unpaired) electrons. The number of nitrogens with one attached hydrogen (secondary N) is 2. The van der Waals surface area contributed by atoms with E-state index in [0.717, 1.165) is 0 Å². The molecule has 0 aliphatic rings. The minimum Gasteiger partial charge on any atom is -0.494 e. The number of rotatable bonds is 2. The van der Waals surface area contributed by atoms with Crippen LogP contribution >= 0.6 is 0 Å². The van der Waals surface area contributed by atoms with Crippen LogP contribution in [0.1, 0.15) is 12.5 Å². The molecule has 9 heteroatoms. The van der Waals surface area contributed by atoms with Crippen LogP contribution in [0.5, 0.6) is 5.88 Å². The van der Waals surface area contributed by atoms with Gasteiger partial charge in [-0.25, -0.2) is 4.79 Å². The fraction of sp³-hybridized carbons (Fsp3) is 0.143. The van der Waals surface area contributed by atoms with Gasteiger partial charge >= 0.3 is 5.69 Å². The zero-order valence-electron chi connectivity index (χ0n) is 8.31. The van der Waals surface area contributed by atoms with Crippen LogP contribution < -0.4 is 22.7 Å². The Kier molecular flexibility index (Phi) is 3.09. The molecular weight excluding hydrogens is 216 g/mol. The van der Waals surface area contributed by atoms with E-state index in [4.69, 9.17) is 11.5 Å². The lowest BCUT2D eigenvalue weighted by Crippen LogP contribution is -2.27. The van der Waals surface area contributed by atoms with Gasteiger partial charge in [-0.05, 0) is 6.92 Å². The van der Waals surface area contributed by atoms with Gasteiger partial charge in [0.1, 0.15) is 5.56 Å². The molecule has 1 aromatic rings. The van der Waals surface area contributed by atoms with Crippen molar-refractivity contribution in [1.29, 1.82) is 0 Å². The van der Waals surface area contributed by atoms with Crippen LogP contribution in [-0.4, -0.2) is 26.7 Å². The maximum absolute atomic E-state index is 11.3. The van der Waals surface area contributed by atoms with Crippen molar-refractivity contribution in [2.24, 2.45) is 21.7 Å². The second-order valence-electron chi connectivity index (χ2n) is 2.84. The molecule has 0 spiro atoms. The third kappa shape index (κ3) is 2.47. The second kappa shape index (κ2) is 4.29. The molecule has 0 atom stereocenters. The largest absolute Gasteiger partial charge is 0.494 e. The van der Waals surface area contributed by atoms with Crippen molar-refractivity contribution in [1.82, 2.24) is 9.97 Å². The number of H-pyrrole nitrogens is 2. The number of aromatic hydroxyl groups is 1. The lowest BCUT2D eigenvalue weighted by molar-refractivity contribution is 0.447. The van der Waals surface area contributed by atoms with Crippen molar-refractivity contribution in [2.75, 3.05) is 0 Å². The van der Waals surface area contributed by atoms with E-state index in [9.17, 15) is 14.7 Å². The van der Waals surface area contributed by atoms with Crippen LogP contribution in [0, 0.1) is 0 Å². The average Bonchev–Trinajstić information content (AvgIpc) is 2.12. The SMILES string of the molecule is CC(=NN=C(N)N)c1c(O)[nH]c(=O)[nH]c1=O. The number of hydrogen-bond donors (Lipinski definition) is 5. The first-order valence-corrected chi connectivity index (χ1v) is 4.11. The predicted molar refractivity (Wildman–Crippen MR) is 57.4 cm³/mol. The van der Waals surface area contributed by atoms with Gasteiger partial charge in [-0.15, -0.1) is 5.10 Å². The molecule has 7 N–H and O–H groups in total. The standard InChI is InChI=1S/C7H10N6O3/c1-2(12-13-6(8)9)3-4(14)10-7(16)11-5(3)15/h1H3,(H4,8,9,13)(H3,10,11,14,15,16). The van der Waals surface area contributed by atoms with Gasteiger partial charge in [0, 0.05) is 0 Å². The van der Waals surface area contributed by atoms with Gasteiger partial charge in [0.25, 0.3) is 5.56 Å². The molecular formula is C7H10N6O3. The number of aromatic nitrogens is 2. The smallest absolute Gasteiger partial charge is 0.328 e. The topological polar surface area (TPSA) is 163 Å². The Hall–Kier alpha value is -2.58. The van der Waals surface area contributed by atoms with Crippen molar-refractivity contribution in [3.63, 3.8) is 0 Å². The van der Waals surface area contributed by atoms with Gasteiger partial charge in [0.15, 0.2) is 0 Å². The highest BCUT2D eigenvalue weighted by molar-refractivity contribution is 6.00. The highest BCUT2D eigenvalue weighted by Crippen LogP contribution is 2.06. The number of nitrogens with two attached hydrogens (primary N) is 2. The fourth-order valence-corrected chi connectivity index (χ4v) is 0.993. The van der Waals surface area contributed by atoms with Crippen LogP contribution in [0.3, 0.4) is 0 Å². The van der Waals surface area contributed by atoms with Crippen molar-refractivity contribution in [2.45, 2.75) is 6.92 Å². The zero-order valence-corrected chi connectivity index (χ0v) is 8.31. The van der Waals surface area contributed by atoms with Crippen molar-refractivity contribution in [3.8, 4) is 5.88 Å². The summed E-state index contributed by atoms with van der Waals surface area (Å²) >= 11 is 0. The zero-order chi connectivity index (χ0) is 12.3. The first-order chi connectivity index (χ1) is 7.41. The average molecular weight is 226 g/mol. The highest BCUT2D eigenvalue weighted by Gasteiger charge is 2.11. The lowest BCUT2D eigenvalue weighted by Gasteiger charge is -1.99. The molecule has 1 rings (SSSR count). The van der Waals surface area contributed by atoms with Crippen LogP contribution in [0.25, 0.3) is 0 Å². The van der Waals surface area contributed by atoms with E-state index >= 15 is 0 Å². The summed E-state index contributed by atoms with van der Waals surface area (Å²) in [4.78, 5) is 26.0. The van der Waals surface area contributed by atoms with Gasteiger partial charge < -0.3 is 16.6 Å². The van der Waals surface area contributed by atoms with E-state index in [1.165, 1.54) is 6.92 Å². The summed E-state index contributed by atoms with van der Waals surface area (Å²) in [6.07, 6.45) is 0. The first-order valence-electron chi connectivity index (χ1n) is 4.11. The van der Waals surface area contributed by atoms with Crippen molar-refractivity contribution < 1.29 is 5.11 Å². The highest BCUT2D eigenvalue weighted by atomic mass is 16.3. The van der Waals surface area contributed by atoms with E-state index in [1.54, 1.807) is 0 Å². The molecule has 0 saturated carbocycles. The normalized spacial score (nSPS) is 11.2. The summed E-state index contributed by atoms with van der Waals surface area (Å²) in [7, 11) is 0. The summed E-state index contributed by atoms with van der Waals surface area (Å²) in [6, 6.07) is 0. The van der Waals surface area contributed by atoms with Gasteiger partial charge in [-0.1, -0.05) is 0 Å². The molecule has 0 fully saturated rings. The summed E-state index contributed by atoms with van der Waals surface area (Å²) in [5.74, 6) is -0.888. The van der Waals surface area contributed by atoms with Crippen LogP contribution in [0.15, 0.2) is 19.8 Å². The molecule has 1 aromatic heterocycles. The Morgan fingerprint density at radius 3 is 2.38 bits per heavy atom. The maximum Gasteiger partial charge on any atom is 0.328 e. The van der Waals surface area contributed by atoms with E-state index in [0.29, 0.717) is 0 Å². The first kappa shape index (κ1) is 11.5. The van der Waals surface area contributed by atoms with Gasteiger partial charge in [-0.2, -0.15) is 5.10 Å². The number of nitrogens with zero attached hydrogens (tertiary/aromatic N) is 2. The number of guanidine groups is 1. The Bertz CT molecular complexity index is 562. The van der Waals surface area contributed by atoms with Crippen LogP contribution in [0.2, 0.25) is 0 Å². The van der Waals surface area contributed by atoms with Crippen LogP contribution in [-0.2, 0) is 0 Å². The molecule has 0 saturated heterocycles. The molecule has 0 aliphatic carbocycles. The Balaban J connectivity index is 3.35. The third-order valence-corrected chi connectivity index (χ3v) is 1.60. The molecule has 1 heterocycles. The van der Waals surface area contributed by atoms with Crippen molar-refractivity contribution >= 4 is 11.7 Å². The molecule has 0 amide bonds. The van der Waals surface area contributed by atoms with Gasteiger partial charge in [0.05, 0.1) is 5.71 Å². The van der Waals surface area contributed by atoms with Crippen LogP contribution in [0.4, 0.5) is 0 Å². The van der Waals surface area contributed by atoms with Gasteiger partial charge in [0.2, 0.25) is 11.8 Å². The molecule has 0 aromatic carbocycles. The minimum atomic E-state index is -0.819. The number of hydrogen-bond acceptors (Lipinski definition) is 5. The summed E-state index contributed by atoms with van der Waals surface area (Å²) < 4.78 is 0. The number of aromatic amines is 2. The Labute approximate surface area is 88.5 Å². The summed E-state index contributed by atoms with van der Waals surface area (Å²) in [6.45, 7) is 1.40. The van der Waals surface area contributed by atoms with E-state index in [1.807, 2.05) is 9.97 Å². The van der Waals surface area contributed by atoms with E-state index in [-0.39, 0.29) is 17.2 Å². The molecule has 86 valence electrons. The summed E-state index contributed by atoms with van der Waals surface area (Å²) in [5, 5.41) is 16.1. The third-order valence-electron chi connectivity index (χ3n) is 1.60. The fourth-order valence-electron chi connectivity index (χ4n) is 0.993. The predicted octanol–water partition coefficient (Wildman–Crippen LogP) is -2.23. The summed E-state index contributed by atoms with van der Waals surface area (Å²) in [5.41, 5.74) is 8.32. The Morgan fingerprint density at radius 2 is 1.88 bits per heavy atom. The van der Waals surface area contributed by atoms with Gasteiger partial charge in [-0.3, -0.25) is 14.8 Å². The lowest BCUT2D eigenvalue weighted by atomic mass is 10.2. The maximum atomic E-state index is 11.3. The molecule has 0 unspecified atom stereocenters. The monoisotopic (exact) mass is 226 g/mol. The molecule has 0 aliphatic heterocycles. The van der Waals surface area contributed by atoms with Crippen molar-refractivity contribution in [3.05, 3.63) is 26.4 Å².